The molecule has 1 aliphatic rings. The molecule has 94 valence electrons. The zero-order chi connectivity index (χ0) is 12.3. The Morgan fingerprint density at radius 1 is 1.41 bits per heavy atom. The fourth-order valence-corrected chi connectivity index (χ4v) is 2.92. The summed E-state index contributed by atoms with van der Waals surface area (Å²) in [4.78, 5) is 0.244. The molecule has 3 heteroatoms. The second kappa shape index (κ2) is 5.40. The summed E-state index contributed by atoms with van der Waals surface area (Å²) in [6, 6.07) is 8.26. The Bertz CT molecular complexity index is 355. The number of alkyl halides is 1. The van der Waals surface area contributed by atoms with Crippen LogP contribution in [-0.4, -0.2) is 18.8 Å². The predicted octanol–water partition coefficient (Wildman–Crippen LogP) is 4.09. The van der Waals surface area contributed by atoms with Crippen LogP contribution >= 0.6 is 15.9 Å². The first-order valence-corrected chi connectivity index (χ1v) is 7.08. The summed E-state index contributed by atoms with van der Waals surface area (Å²) in [6.07, 6.45) is 2.26. The van der Waals surface area contributed by atoms with Gasteiger partial charge < -0.3 is 9.47 Å². The molecular formula is C14H19BrO2. The van der Waals surface area contributed by atoms with E-state index >= 15 is 0 Å². The topological polar surface area (TPSA) is 18.5 Å². The highest BCUT2D eigenvalue weighted by atomic mass is 79.9. The quantitative estimate of drug-likeness (QED) is 0.780. The van der Waals surface area contributed by atoms with Crippen molar-refractivity contribution in [3.8, 4) is 5.75 Å². The molecule has 1 fully saturated rings. The van der Waals surface area contributed by atoms with Gasteiger partial charge in [-0.3, -0.25) is 0 Å². The molecule has 2 rings (SSSR count). The van der Waals surface area contributed by atoms with E-state index in [2.05, 4.69) is 35.0 Å². The van der Waals surface area contributed by atoms with Crippen LogP contribution < -0.4 is 4.74 Å². The van der Waals surface area contributed by atoms with Crippen molar-refractivity contribution in [3.05, 3.63) is 29.8 Å². The van der Waals surface area contributed by atoms with Crippen LogP contribution in [-0.2, 0) is 4.74 Å². The van der Waals surface area contributed by atoms with Crippen molar-refractivity contribution in [2.45, 2.75) is 37.1 Å². The van der Waals surface area contributed by atoms with Gasteiger partial charge >= 0.3 is 0 Å². The molecule has 0 saturated carbocycles. The van der Waals surface area contributed by atoms with Gasteiger partial charge in [-0.25, -0.2) is 0 Å². The van der Waals surface area contributed by atoms with Gasteiger partial charge in [0.25, 0.3) is 0 Å². The van der Waals surface area contributed by atoms with E-state index in [-0.39, 0.29) is 10.4 Å². The summed E-state index contributed by atoms with van der Waals surface area (Å²) in [5.74, 6) is 0.924. The number of benzene rings is 1. The molecule has 0 aliphatic carbocycles. The van der Waals surface area contributed by atoms with Crippen LogP contribution in [0, 0.1) is 0 Å². The van der Waals surface area contributed by atoms with E-state index in [0.29, 0.717) is 6.61 Å². The Kier molecular flexibility index (Phi) is 4.10. The van der Waals surface area contributed by atoms with Crippen LogP contribution in [0.3, 0.4) is 0 Å². The summed E-state index contributed by atoms with van der Waals surface area (Å²) < 4.78 is 11.3. The van der Waals surface area contributed by atoms with E-state index in [1.807, 2.05) is 19.1 Å². The van der Waals surface area contributed by atoms with E-state index in [9.17, 15) is 0 Å². The summed E-state index contributed by atoms with van der Waals surface area (Å²) in [7, 11) is 0. The van der Waals surface area contributed by atoms with Crippen LogP contribution in [0.1, 0.15) is 37.1 Å². The first-order valence-electron chi connectivity index (χ1n) is 6.16. The standard InChI is InChI=1S/C14H19BrO2/c1-3-16-12-7-5-11(6-8-12)13(15)14(2)9-4-10-17-14/h5-8,13H,3-4,9-10H2,1-2H3. The van der Waals surface area contributed by atoms with E-state index < -0.39 is 0 Å². The van der Waals surface area contributed by atoms with Crippen molar-refractivity contribution in [1.82, 2.24) is 0 Å². The van der Waals surface area contributed by atoms with Crippen LogP contribution in [0.5, 0.6) is 5.75 Å². The number of halogens is 1. The Morgan fingerprint density at radius 2 is 2.12 bits per heavy atom. The minimum atomic E-state index is -0.0763. The first kappa shape index (κ1) is 12.9. The minimum Gasteiger partial charge on any atom is -0.494 e. The zero-order valence-corrected chi connectivity index (χ0v) is 12.0. The van der Waals surface area contributed by atoms with E-state index in [0.717, 1.165) is 25.2 Å². The molecule has 0 amide bonds. The second-order valence-corrected chi connectivity index (χ2v) is 5.54. The molecule has 2 atom stereocenters. The third kappa shape index (κ3) is 2.83. The van der Waals surface area contributed by atoms with Crippen LogP contribution in [0.25, 0.3) is 0 Å². The average Bonchev–Trinajstić information content (AvgIpc) is 2.78. The van der Waals surface area contributed by atoms with Gasteiger partial charge in [0.05, 0.1) is 17.0 Å². The molecule has 0 bridgehead atoms. The molecule has 0 spiro atoms. The van der Waals surface area contributed by atoms with Crippen LogP contribution in [0.4, 0.5) is 0 Å². The molecule has 17 heavy (non-hydrogen) atoms. The first-order chi connectivity index (χ1) is 8.15. The van der Waals surface area contributed by atoms with Gasteiger partial charge in [-0.2, -0.15) is 0 Å². The van der Waals surface area contributed by atoms with Crippen LogP contribution in [0.2, 0.25) is 0 Å². The van der Waals surface area contributed by atoms with E-state index in [1.165, 1.54) is 5.56 Å². The van der Waals surface area contributed by atoms with Gasteiger partial charge in [-0.15, -0.1) is 0 Å². The van der Waals surface area contributed by atoms with Gasteiger partial charge in [0.15, 0.2) is 0 Å². The van der Waals surface area contributed by atoms with Gasteiger partial charge in [-0.1, -0.05) is 28.1 Å². The lowest BCUT2D eigenvalue weighted by molar-refractivity contribution is 0.0197. The van der Waals surface area contributed by atoms with Crippen LogP contribution in [0.15, 0.2) is 24.3 Å². The Morgan fingerprint density at radius 3 is 2.65 bits per heavy atom. The number of hydrogen-bond acceptors (Lipinski definition) is 2. The van der Waals surface area contributed by atoms with E-state index in [4.69, 9.17) is 9.47 Å². The van der Waals surface area contributed by atoms with Gasteiger partial charge in [0.1, 0.15) is 5.75 Å². The highest BCUT2D eigenvalue weighted by molar-refractivity contribution is 9.09. The van der Waals surface area contributed by atoms with Crippen molar-refractivity contribution in [1.29, 1.82) is 0 Å². The molecular weight excluding hydrogens is 280 g/mol. The molecule has 1 aliphatic heterocycles. The van der Waals surface area contributed by atoms with Gasteiger partial charge in [0.2, 0.25) is 0 Å². The fraction of sp³-hybridized carbons (Fsp3) is 0.571. The maximum absolute atomic E-state index is 5.86. The van der Waals surface area contributed by atoms with Crippen molar-refractivity contribution < 1.29 is 9.47 Å². The van der Waals surface area contributed by atoms with Crippen molar-refractivity contribution >= 4 is 15.9 Å². The SMILES string of the molecule is CCOc1ccc(C(Br)C2(C)CCCO2)cc1. The molecule has 2 nitrogen and oxygen atoms in total. The number of hydrogen-bond donors (Lipinski definition) is 0. The molecule has 1 aromatic rings. The predicted molar refractivity (Wildman–Crippen MR) is 72.9 cm³/mol. The zero-order valence-electron chi connectivity index (χ0n) is 10.4. The lowest BCUT2D eigenvalue weighted by Crippen LogP contribution is -2.28. The lowest BCUT2D eigenvalue weighted by atomic mass is 9.93. The summed E-state index contributed by atoms with van der Waals surface area (Å²) in [6.45, 7) is 5.75. The molecule has 0 radical (unpaired) electrons. The molecule has 0 aromatic heterocycles. The molecule has 0 N–H and O–H groups in total. The summed E-state index contributed by atoms with van der Waals surface area (Å²) >= 11 is 3.77. The fourth-order valence-electron chi connectivity index (χ4n) is 2.25. The number of ether oxygens (including phenoxy) is 2. The summed E-state index contributed by atoms with van der Waals surface area (Å²) in [5.41, 5.74) is 1.17. The third-order valence-corrected chi connectivity index (χ3v) is 4.77. The van der Waals surface area contributed by atoms with Gasteiger partial charge in [-0.05, 0) is 44.4 Å². The van der Waals surface area contributed by atoms with Crippen molar-refractivity contribution in [3.63, 3.8) is 0 Å². The minimum absolute atomic E-state index is 0.0763. The van der Waals surface area contributed by atoms with E-state index in [1.54, 1.807) is 0 Å². The van der Waals surface area contributed by atoms with Crippen molar-refractivity contribution in [2.75, 3.05) is 13.2 Å². The highest BCUT2D eigenvalue weighted by Crippen LogP contribution is 2.43. The maximum Gasteiger partial charge on any atom is 0.119 e. The monoisotopic (exact) mass is 298 g/mol. The Balaban J connectivity index is 2.11. The third-order valence-electron chi connectivity index (χ3n) is 3.27. The highest BCUT2D eigenvalue weighted by Gasteiger charge is 2.37. The Hall–Kier alpha value is -0.540. The maximum atomic E-state index is 5.86. The Labute approximate surface area is 111 Å². The summed E-state index contributed by atoms with van der Waals surface area (Å²) in [5, 5.41) is 0. The normalized spacial score (nSPS) is 25.8. The average molecular weight is 299 g/mol. The molecule has 1 saturated heterocycles. The molecule has 2 unspecified atom stereocenters. The molecule has 1 heterocycles. The largest absolute Gasteiger partial charge is 0.494 e. The lowest BCUT2D eigenvalue weighted by Gasteiger charge is -2.29. The molecule has 1 aromatic carbocycles. The van der Waals surface area contributed by atoms with Gasteiger partial charge in [0, 0.05) is 6.61 Å². The van der Waals surface area contributed by atoms with Crippen molar-refractivity contribution in [2.24, 2.45) is 0 Å². The second-order valence-electron chi connectivity index (χ2n) is 4.63. The number of rotatable bonds is 4. The smallest absolute Gasteiger partial charge is 0.119 e.